The van der Waals surface area contributed by atoms with Crippen molar-refractivity contribution in [3.05, 3.63) is 18.0 Å². The Morgan fingerprint density at radius 1 is 1.62 bits per heavy atom. The van der Waals surface area contributed by atoms with E-state index in [1.807, 2.05) is 6.92 Å². The lowest BCUT2D eigenvalue weighted by atomic mass is 10.3. The normalized spacial score (nSPS) is 12.1. The highest BCUT2D eigenvalue weighted by Gasteiger charge is 2.17. The zero-order valence-corrected chi connectivity index (χ0v) is 9.34. The first-order valence-electron chi connectivity index (χ1n) is 5.07. The highest BCUT2D eigenvalue weighted by Crippen LogP contribution is 2.03. The second kappa shape index (κ2) is 5.29. The smallest absolute Gasteiger partial charge is 0.342 e. The van der Waals surface area contributed by atoms with E-state index in [1.54, 1.807) is 10.9 Å². The molecule has 0 aliphatic carbocycles. The summed E-state index contributed by atoms with van der Waals surface area (Å²) in [7, 11) is 0. The highest BCUT2D eigenvalue weighted by atomic mass is 16.5. The van der Waals surface area contributed by atoms with Crippen LogP contribution in [0.15, 0.2) is 12.4 Å². The number of nitrogens with zero attached hydrogens (tertiary/aromatic N) is 2. The minimum Gasteiger partial charge on any atom is -0.449 e. The Balaban J connectivity index is 2.62. The summed E-state index contributed by atoms with van der Waals surface area (Å²) >= 11 is 0. The largest absolute Gasteiger partial charge is 0.449 e. The van der Waals surface area contributed by atoms with Crippen molar-refractivity contribution in [2.75, 3.05) is 0 Å². The van der Waals surface area contributed by atoms with Gasteiger partial charge in [-0.2, -0.15) is 5.10 Å². The number of primary amides is 1. The van der Waals surface area contributed by atoms with E-state index in [1.165, 1.54) is 13.1 Å². The molecule has 0 aliphatic heterocycles. The molecule has 0 saturated heterocycles. The van der Waals surface area contributed by atoms with Crippen LogP contribution in [0.25, 0.3) is 0 Å². The van der Waals surface area contributed by atoms with Crippen molar-refractivity contribution in [3.63, 3.8) is 0 Å². The van der Waals surface area contributed by atoms with Crippen LogP contribution >= 0.6 is 0 Å². The third kappa shape index (κ3) is 3.08. The predicted octanol–water partition coefficient (Wildman–Crippen LogP) is 0.324. The van der Waals surface area contributed by atoms with Crippen LogP contribution in [0.1, 0.15) is 30.6 Å². The third-order valence-corrected chi connectivity index (χ3v) is 2.01. The summed E-state index contributed by atoms with van der Waals surface area (Å²) in [4.78, 5) is 22.2. The number of aromatic nitrogens is 2. The van der Waals surface area contributed by atoms with Gasteiger partial charge < -0.3 is 10.5 Å². The van der Waals surface area contributed by atoms with E-state index < -0.39 is 18.0 Å². The van der Waals surface area contributed by atoms with Crippen molar-refractivity contribution < 1.29 is 14.3 Å². The van der Waals surface area contributed by atoms with Gasteiger partial charge in [0.25, 0.3) is 5.91 Å². The van der Waals surface area contributed by atoms with E-state index in [-0.39, 0.29) is 0 Å². The lowest BCUT2D eigenvalue weighted by molar-refractivity contribution is -0.125. The van der Waals surface area contributed by atoms with Crippen molar-refractivity contribution in [2.24, 2.45) is 5.73 Å². The van der Waals surface area contributed by atoms with Gasteiger partial charge in [-0.1, -0.05) is 6.92 Å². The van der Waals surface area contributed by atoms with Crippen LogP contribution < -0.4 is 5.73 Å². The molecule has 0 saturated carbocycles. The zero-order valence-electron chi connectivity index (χ0n) is 9.34. The molecule has 2 N–H and O–H groups in total. The van der Waals surface area contributed by atoms with Gasteiger partial charge in [-0.05, 0) is 13.3 Å². The first-order valence-corrected chi connectivity index (χ1v) is 5.07. The van der Waals surface area contributed by atoms with Gasteiger partial charge in [0.05, 0.1) is 11.8 Å². The number of aryl methyl sites for hydroxylation is 1. The molecule has 0 aliphatic rings. The standard InChI is InChI=1S/C10H15N3O3/c1-3-4-13-6-8(5-12-13)10(15)16-7(2)9(11)14/h5-7H,3-4H2,1-2H3,(H2,11,14)/t7-/m1/s1. The SMILES string of the molecule is CCCn1cc(C(=O)O[C@H](C)C(N)=O)cn1. The number of nitrogens with two attached hydrogens (primary N) is 1. The van der Waals surface area contributed by atoms with Crippen LogP contribution in [0.2, 0.25) is 0 Å². The van der Waals surface area contributed by atoms with Crippen LogP contribution in [0.3, 0.4) is 0 Å². The second-order valence-corrected chi connectivity index (χ2v) is 3.44. The number of amides is 1. The summed E-state index contributed by atoms with van der Waals surface area (Å²) in [5, 5.41) is 3.98. The Kier molecular flexibility index (Phi) is 4.04. The van der Waals surface area contributed by atoms with Crippen molar-refractivity contribution >= 4 is 11.9 Å². The molecule has 6 heteroatoms. The number of hydrogen-bond donors (Lipinski definition) is 1. The summed E-state index contributed by atoms with van der Waals surface area (Å²) in [6.45, 7) is 4.17. The fourth-order valence-corrected chi connectivity index (χ4v) is 1.11. The first kappa shape index (κ1) is 12.2. The molecule has 0 radical (unpaired) electrons. The van der Waals surface area contributed by atoms with Crippen molar-refractivity contribution in [1.29, 1.82) is 0 Å². The Labute approximate surface area is 93.4 Å². The lowest BCUT2D eigenvalue weighted by Gasteiger charge is -2.07. The van der Waals surface area contributed by atoms with Gasteiger partial charge in [0.15, 0.2) is 6.10 Å². The summed E-state index contributed by atoms with van der Waals surface area (Å²) in [6, 6.07) is 0. The Morgan fingerprint density at radius 3 is 2.88 bits per heavy atom. The van der Waals surface area contributed by atoms with E-state index in [9.17, 15) is 9.59 Å². The maximum absolute atomic E-state index is 11.5. The molecule has 16 heavy (non-hydrogen) atoms. The number of hydrogen-bond acceptors (Lipinski definition) is 4. The molecule has 6 nitrogen and oxygen atoms in total. The third-order valence-electron chi connectivity index (χ3n) is 2.01. The lowest BCUT2D eigenvalue weighted by Crippen LogP contribution is -2.30. The van der Waals surface area contributed by atoms with Gasteiger partial charge in [0.1, 0.15) is 0 Å². The maximum atomic E-state index is 11.5. The molecule has 1 rings (SSSR count). The number of carbonyl (C=O) groups is 2. The van der Waals surface area contributed by atoms with Gasteiger partial charge in [-0.25, -0.2) is 4.79 Å². The molecule has 1 amide bonds. The number of carbonyl (C=O) groups excluding carboxylic acids is 2. The van der Waals surface area contributed by atoms with Crippen LogP contribution in [0, 0.1) is 0 Å². The monoisotopic (exact) mass is 225 g/mol. The molecular formula is C10H15N3O3. The fraction of sp³-hybridized carbons (Fsp3) is 0.500. The minimum atomic E-state index is -0.929. The Hall–Kier alpha value is -1.85. The summed E-state index contributed by atoms with van der Waals surface area (Å²) < 4.78 is 6.47. The summed E-state index contributed by atoms with van der Waals surface area (Å²) in [5.74, 6) is -1.26. The summed E-state index contributed by atoms with van der Waals surface area (Å²) in [5.41, 5.74) is 5.30. The number of ether oxygens (including phenoxy) is 1. The minimum absolute atomic E-state index is 0.321. The molecule has 1 heterocycles. The van der Waals surface area contributed by atoms with Crippen LogP contribution in [0.4, 0.5) is 0 Å². The first-order chi connectivity index (χ1) is 7.54. The summed E-state index contributed by atoms with van der Waals surface area (Å²) in [6.07, 6.45) is 2.99. The van der Waals surface area contributed by atoms with Gasteiger partial charge in [0.2, 0.25) is 0 Å². The molecular weight excluding hydrogens is 210 g/mol. The van der Waals surface area contributed by atoms with E-state index in [0.29, 0.717) is 5.56 Å². The van der Waals surface area contributed by atoms with E-state index in [2.05, 4.69) is 5.10 Å². The van der Waals surface area contributed by atoms with Crippen molar-refractivity contribution in [3.8, 4) is 0 Å². The average molecular weight is 225 g/mol. The molecule has 1 aromatic rings. The van der Waals surface area contributed by atoms with Crippen LogP contribution in [-0.4, -0.2) is 27.8 Å². The fourth-order valence-electron chi connectivity index (χ4n) is 1.11. The molecule has 0 fully saturated rings. The van der Waals surface area contributed by atoms with Gasteiger partial charge >= 0.3 is 5.97 Å². The highest BCUT2D eigenvalue weighted by molar-refractivity contribution is 5.91. The quantitative estimate of drug-likeness (QED) is 0.731. The van der Waals surface area contributed by atoms with E-state index >= 15 is 0 Å². The zero-order chi connectivity index (χ0) is 12.1. The molecule has 0 aromatic carbocycles. The average Bonchev–Trinajstić information content (AvgIpc) is 2.66. The molecule has 1 atom stereocenters. The molecule has 0 bridgehead atoms. The number of rotatable bonds is 5. The van der Waals surface area contributed by atoms with E-state index in [4.69, 9.17) is 10.5 Å². The van der Waals surface area contributed by atoms with Gasteiger partial charge in [-0.3, -0.25) is 9.48 Å². The Bertz CT molecular complexity index is 386. The maximum Gasteiger partial charge on any atom is 0.342 e. The molecule has 88 valence electrons. The topological polar surface area (TPSA) is 87.2 Å². The van der Waals surface area contributed by atoms with E-state index in [0.717, 1.165) is 13.0 Å². The van der Waals surface area contributed by atoms with Gasteiger partial charge in [0, 0.05) is 12.7 Å². The molecule has 0 unspecified atom stereocenters. The van der Waals surface area contributed by atoms with Crippen LogP contribution in [-0.2, 0) is 16.1 Å². The molecule has 0 spiro atoms. The van der Waals surface area contributed by atoms with Crippen molar-refractivity contribution in [1.82, 2.24) is 9.78 Å². The second-order valence-electron chi connectivity index (χ2n) is 3.44. The van der Waals surface area contributed by atoms with Crippen LogP contribution in [0.5, 0.6) is 0 Å². The van der Waals surface area contributed by atoms with Gasteiger partial charge in [-0.15, -0.1) is 0 Å². The molecule has 1 aromatic heterocycles. The number of esters is 1. The van der Waals surface area contributed by atoms with Crippen molar-refractivity contribution in [2.45, 2.75) is 32.9 Å². The Morgan fingerprint density at radius 2 is 2.31 bits per heavy atom. The predicted molar refractivity (Wildman–Crippen MR) is 56.6 cm³/mol.